The first-order valence-electron chi connectivity index (χ1n) is 6.03. The molecule has 4 nitrogen and oxygen atoms in total. The number of hydrogen-bond acceptors (Lipinski definition) is 4. The van der Waals surface area contributed by atoms with E-state index in [1.807, 2.05) is 33.8 Å². The van der Waals surface area contributed by atoms with Crippen LogP contribution in [0.3, 0.4) is 0 Å². The lowest BCUT2D eigenvalue weighted by Gasteiger charge is -2.34. The van der Waals surface area contributed by atoms with E-state index < -0.39 is 0 Å². The molecule has 0 saturated heterocycles. The second-order valence-electron chi connectivity index (χ2n) is 5.09. The molecule has 18 heavy (non-hydrogen) atoms. The van der Waals surface area contributed by atoms with Crippen molar-refractivity contribution in [2.45, 2.75) is 39.3 Å². The minimum absolute atomic E-state index is 0.0768. The van der Waals surface area contributed by atoms with Gasteiger partial charge in [-0.2, -0.15) is 0 Å². The number of nitrogens with one attached hydrogen (secondary N) is 1. The molecule has 1 rings (SSSR count). The van der Waals surface area contributed by atoms with Gasteiger partial charge in [0.2, 0.25) is 0 Å². The Kier molecular flexibility index (Phi) is 4.73. The molecule has 0 aromatic heterocycles. The summed E-state index contributed by atoms with van der Waals surface area (Å²) in [4.78, 5) is 0. The highest BCUT2D eigenvalue weighted by Gasteiger charge is 2.31. The number of hydrazine groups is 1. The molecule has 0 radical (unpaired) electrons. The molecular weight excluding hydrogens is 228 g/mol. The van der Waals surface area contributed by atoms with Crippen molar-refractivity contribution in [3.63, 3.8) is 0 Å². The van der Waals surface area contributed by atoms with Crippen LogP contribution in [-0.2, 0) is 4.74 Å². The standard InChI is InChI=1S/C14H24N2O2/c1-9-8-12(17-5)10(2)7-11(9)13(16-15)14(3,4)18-6/h7-8,13,16H,15H2,1-6H3. The lowest BCUT2D eigenvalue weighted by Crippen LogP contribution is -2.44. The highest BCUT2D eigenvalue weighted by Crippen LogP contribution is 2.33. The van der Waals surface area contributed by atoms with E-state index in [0.717, 1.165) is 22.4 Å². The van der Waals surface area contributed by atoms with Gasteiger partial charge in [-0.05, 0) is 50.5 Å². The molecule has 0 aliphatic rings. The Morgan fingerprint density at radius 2 is 1.78 bits per heavy atom. The second kappa shape index (κ2) is 5.69. The Bertz CT molecular complexity index is 417. The third-order valence-electron chi connectivity index (χ3n) is 3.48. The third kappa shape index (κ3) is 2.83. The molecule has 0 amide bonds. The number of ether oxygens (including phenoxy) is 2. The van der Waals surface area contributed by atoms with E-state index >= 15 is 0 Å². The summed E-state index contributed by atoms with van der Waals surface area (Å²) in [6, 6.07) is 4.05. The number of methoxy groups -OCH3 is 2. The Labute approximate surface area is 109 Å². The van der Waals surface area contributed by atoms with Crippen LogP contribution in [0.1, 0.15) is 36.6 Å². The first-order chi connectivity index (χ1) is 8.37. The van der Waals surface area contributed by atoms with Gasteiger partial charge < -0.3 is 9.47 Å². The maximum atomic E-state index is 5.69. The van der Waals surface area contributed by atoms with Crippen molar-refractivity contribution >= 4 is 0 Å². The first kappa shape index (κ1) is 15.0. The predicted molar refractivity (Wildman–Crippen MR) is 73.6 cm³/mol. The minimum Gasteiger partial charge on any atom is -0.496 e. The highest BCUT2D eigenvalue weighted by molar-refractivity contribution is 5.43. The number of hydrogen-bond donors (Lipinski definition) is 2. The topological polar surface area (TPSA) is 56.5 Å². The maximum absolute atomic E-state index is 5.69. The summed E-state index contributed by atoms with van der Waals surface area (Å²) >= 11 is 0. The summed E-state index contributed by atoms with van der Waals surface area (Å²) in [6.45, 7) is 8.09. The molecule has 0 heterocycles. The smallest absolute Gasteiger partial charge is 0.122 e. The van der Waals surface area contributed by atoms with Crippen molar-refractivity contribution < 1.29 is 9.47 Å². The van der Waals surface area contributed by atoms with Gasteiger partial charge in [0.1, 0.15) is 5.75 Å². The lowest BCUT2D eigenvalue weighted by molar-refractivity contribution is -0.0113. The molecule has 4 heteroatoms. The molecule has 0 aliphatic heterocycles. The van der Waals surface area contributed by atoms with Crippen LogP contribution in [-0.4, -0.2) is 19.8 Å². The molecule has 0 spiro atoms. The summed E-state index contributed by atoms with van der Waals surface area (Å²) < 4.78 is 10.8. The van der Waals surface area contributed by atoms with Gasteiger partial charge >= 0.3 is 0 Å². The van der Waals surface area contributed by atoms with Crippen molar-refractivity contribution in [3.8, 4) is 5.75 Å². The first-order valence-corrected chi connectivity index (χ1v) is 6.03. The van der Waals surface area contributed by atoms with Crippen LogP contribution >= 0.6 is 0 Å². The maximum Gasteiger partial charge on any atom is 0.122 e. The van der Waals surface area contributed by atoms with Crippen LogP contribution < -0.4 is 16.0 Å². The molecule has 0 fully saturated rings. The fourth-order valence-electron chi connectivity index (χ4n) is 2.13. The molecule has 0 saturated carbocycles. The average molecular weight is 252 g/mol. The van der Waals surface area contributed by atoms with Crippen LogP contribution in [0, 0.1) is 13.8 Å². The van der Waals surface area contributed by atoms with Crippen molar-refractivity contribution in [2.24, 2.45) is 5.84 Å². The Balaban J connectivity index is 3.27. The van der Waals surface area contributed by atoms with E-state index in [0.29, 0.717) is 0 Å². The number of aryl methyl sites for hydroxylation is 2. The van der Waals surface area contributed by atoms with Crippen LogP contribution in [0.25, 0.3) is 0 Å². The van der Waals surface area contributed by atoms with E-state index in [1.165, 1.54) is 0 Å². The van der Waals surface area contributed by atoms with E-state index in [4.69, 9.17) is 15.3 Å². The summed E-state index contributed by atoms with van der Waals surface area (Å²) in [6.07, 6.45) is 0. The number of rotatable bonds is 5. The van der Waals surface area contributed by atoms with Crippen molar-refractivity contribution in [1.82, 2.24) is 5.43 Å². The fourth-order valence-corrected chi connectivity index (χ4v) is 2.13. The van der Waals surface area contributed by atoms with Crippen LogP contribution in [0.2, 0.25) is 0 Å². The van der Waals surface area contributed by atoms with Crippen LogP contribution in [0.4, 0.5) is 0 Å². The largest absolute Gasteiger partial charge is 0.496 e. The van der Waals surface area contributed by atoms with Crippen molar-refractivity contribution in [3.05, 3.63) is 28.8 Å². The fraction of sp³-hybridized carbons (Fsp3) is 0.571. The molecule has 1 aromatic carbocycles. The minimum atomic E-state index is -0.388. The zero-order chi connectivity index (χ0) is 13.9. The van der Waals surface area contributed by atoms with Crippen LogP contribution in [0.15, 0.2) is 12.1 Å². The number of nitrogens with two attached hydrogens (primary N) is 1. The zero-order valence-corrected chi connectivity index (χ0v) is 12.1. The van der Waals surface area contributed by atoms with Gasteiger partial charge in [0.15, 0.2) is 0 Å². The molecule has 102 valence electrons. The highest BCUT2D eigenvalue weighted by atomic mass is 16.5. The molecule has 1 atom stereocenters. The van der Waals surface area contributed by atoms with Gasteiger partial charge in [-0.3, -0.25) is 11.3 Å². The monoisotopic (exact) mass is 252 g/mol. The van der Waals surface area contributed by atoms with Gasteiger partial charge in [0, 0.05) is 7.11 Å². The van der Waals surface area contributed by atoms with Gasteiger partial charge in [-0.1, -0.05) is 6.07 Å². The molecule has 0 bridgehead atoms. The molecule has 1 aromatic rings. The molecule has 3 N–H and O–H groups in total. The third-order valence-corrected chi connectivity index (χ3v) is 3.48. The zero-order valence-electron chi connectivity index (χ0n) is 12.1. The van der Waals surface area contributed by atoms with E-state index in [1.54, 1.807) is 14.2 Å². The summed E-state index contributed by atoms with van der Waals surface area (Å²) in [5, 5.41) is 0. The van der Waals surface area contributed by atoms with E-state index in [2.05, 4.69) is 11.5 Å². The average Bonchev–Trinajstić information content (AvgIpc) is 2.33. The summed E-state index contributed by atoms with van der Waals surface area (Å²) in [7, 11) is 3.37. The van der Waals surface area contributed by atoms with Gasteiger partial charge in [0.25, 0.3) is 0 Å². The van der Waals surface area contributed by atoms with E-state index in [-0.39, 0.29) is 11.6 Å². The Hall–Kier alpha value is -1.10. The normalized spacial score (nSPS) is 13.5. The molecule has 1 unspecified atom stereocenters. The molecule has 0 aliphatic carbocycles. The second-order valence-corrected chi connectivity index (χ2v) is 5.09. The van der Waals surface area contributed by atoms with Gasteiger partial charge in [-0.15, -0.1) is 0 Å². The summed E-state index contributed by atoms with van der Waals surface area (Å²) in [5.41, 5.74) is 5.81. The Morgan fingerprint density at radius 1 is 1.17 bits per heavy atom. The lowest BCUT2D eigenvalue weighted by atomic mass is 9.88. The summed E-state index contributed by atoms with van der Waals surface area (Å²) in [5.74, 6) is 6.59. The molecular formula is C14H24N2O2. The SMILES string of the molecule is COc1cc(C)c(C(NN)C(C)(C)OC)cc1C. The van der Waals surface area contributed by atoms with Crippen LogP contribution in [0.5, 0.6) is 5.75 Å². The quantitative estimate of drug-likeness (QED) is 0.623. The van der Waals surface area contributed by atoms with Gasteiger partial charge in [-0.25, -0.2) is 0 Å². The number of benzene rings is 1. The Morgan fingerprint density at radius 3 is 2.22 bits per heavy atom. The van der Waals surface area contributed by atoms with Crippen molar-refractivity contribution in [2.75, 3.05) is 14.2 Å². The predicted octanol–water partition coefficient (Wildman–Crippen LogP) is 2.24. The van der Waals surface area contributed by atoms with E-state index in [9.17, 15) is 0 Å². The van der Waals surface area contributed by atoms with Crippen molar-refractivity contribution in [1.29, 1.82) is 0 Å². The van der Waals surface area contributed by atoms with Gasteiger partial charge in [0.05, 0.1) is 18.8 Å².